The molecule has 0 radical (unpaired) electrons. The molecule has 0 saturated carbocycles. The third kappa shape index (κ3) is 4.10. The number of anilines is 1. The predicted octanol–water partition coefficient (Wildman–Crippen LogP) is 3.48. The van der Waals surface area contributed by atoms with E-state index in [9.17, 15) is 18.4 Å². The van der Waals surface area contributed by atoms with Crippen LogP contribution in [-0.2, 0) is 11.3 Å². The second kappa shape index (κ2) is 8.63. The molecule has 0 unspecified atom stereocenters. The fraction of sp³-hybridized carbons (Fsp3) is 0.250. The molecule has 2 aromatic heterocycles. The van der Waals surface area contributed by atoms with Gasteiger partial charge in [-0.25, -0.2) is 9.67 Å². The van der Waals surface area contributed by atoms with Crippen molar-refractivity contribution in [1.29, 1.82) is 0 Å². The highest BCUT2D eigenvalue weighted by atomic mass is 19.3. The number of hydrogen-bond donors (Lipinski definition) is 1. The van der Waals surface area contributed by atoms with Crippen LogP contribution < -0.4 is 24.7 Å². The number of halogens is 2. The Morgan fingerprint density at radius 1 is 1.19 bits per heavy atom. The summed E-state index contributed by atoms with van der Waals surface area (Å²) in [6.45, 7) is 3.42. The Bertz CT molecular complexity index is 1550. The van der Waals surface area contributed by atoms with Crippen LogP contribution in [0.1, 0.15) is 12.5 Å². The zero-order chi connectivity index (χ0) is 25.6. The Kier molecular flexibility index (Phi) is 5.58. The Morgan fingerprint density at radius 3 is 2.72 bits per heavy atom. The number of fused-ring (bicyclic) bond motifs is 2. The van der Waals surface area contributed by atoms with E-state index in [0.717, 1.165) is 10.2 Å². The van der Waals surface area contributed by atoms with Crippen molar-refractivity contribution >= 4 is 22.6 Å². The molecule has 0 spiro atoms. The lowest BCUT2D eigenvalue weighted by Gasteiger charge is -2.21. The summed E-state index contributed by atoms with van der Waals surface area (Å²) < 4.78 is 42.1. The molecule has 10 nitrogen and oxygen atoms in total. The summed E-state index contributed by atoms with van der Waals surface area (Å²) in [5, 5.41) is 4.46. The van der Waals surface area contributed by atoms with E-state index in [2.05, 4.69) is 24.5 Å². The minimum Gasteiger partial charge on any atom is -0.497 e. The van der Waals surface area contributed by atoms with Gasteiger partial charge in [0.05, 0.1) is 13.4 Å². The van der Waals surface area contributed by atoms with Crippen molar-refractivity contribution in [2.75, 3.05) is 18.6 Å². The van der Waals surface area contributed by atoms with Gasteiger partial charge < -0.3 is 24.1 Å². The number of amides is 1. The first kappa shape index (κ1) is 23.3. The molecule has 1 N–H and O–H groups in total. The van der Waals surface area contributed by atoms with E-state index in [1.165, 1.54) is 29.4 Å². The van der Waals surface area contributed by atoms with Gasteiger partial charge in [-0.1, -0.05) is 0 Å². The van der Waals surface area contributed by atoms with E-state index >= 15 is 0 Å². The number of alkyl halides is 2. The van der Waals surface area contributed by atoms with E-state index in [4.69, 9.17) is 4.74 Å². The molecule has 4 aromatic rings. The molecule has 36 heavy (non-hydrogen) atoms. The molecular weight excluding hydrogens is 476 g/mol. The average molecular weight is 497 g/mol. The molecule has 3 heterocycles. The topological polar surface area (TPSA) is 112 Å². The zero-order valence-electron chi connectivity index (χ0n) is 19.5. The largest absolute Gasteiger partial charge is 0.586 e. The van der Waals surface area contributed by atoms with Crippen LogP contribution in [0.15, 0.2) is 47.5 Å². The Hall–Kier alpha value is -4.48. The normalized spacial score (nSPS) is 13.7. The van der Waals surface area contributed by atoms with Gasteiger partial charge in [0.25, 0.3) is 5.56 Å². The quantitative estimate of drug-likeness (QED) is 0.434. The minimum atomic E-state index is -3.77. The highest BCUT2D eigenvalue weighted by Gasteiger charge is 2.43. The molecule has 186 valence electrons. The second-order valence-electron chi connectivity index (χ2n) is 8.11. The van der Waals surface area contributed by atoms with Crippen LogP contribution in [0.2, 0.25) is 0 Å². The first-order valence-corrected chi connectivity index (χ1v) is 11.0. The van der Waals surface area contributed by atoms with Crippen LogP contribution in [0.5, 0.6) is 17.2 Å². The van der Waals surface area contributed by atoms with Crippen molar-refractivity contribution < 1.29 is 27.8 Å². The first-order valence-electron chi connectivity index (χ1n) is 11.0. The lowest BCUT2D eigenvalue weighted by Crippen LogP contribution is -2.37. The summed E-state index contributed by atoms with van der Waals surface area (Å²) in [6, 6.07) is 9.54. The lowest BCUT2D eigenvalue weighted by atomic mass is 10.1. The zero-order valence-corrected chi connectivity index (χ0v) is 19.5. The first-order chi connectivity index (χ1) is 17.2. The molecule has 0 atom stereocenters. The van der Waals surface area contributed by atoms with Gasteiger partial charge in [0.1, 0.15) is 29.0 Å². The van der Waals surface area contributed by atoms with Gasteiger partial charge in [-0.15, -0.1) is 8.78 Å². The van der Waals surface area contributed by atoms with Crippen LogP contribution in [-0.4, -0.2) is 45.6 Å². The number of methoxy groups -OCH3 is 1. The number of carbonyl (C=O) groups excluding carboxylic acids is 1. The number of aryl methyl sites for hydroxylation is 1. The SMILES string of the molecule is CCN(C(=O)Cn1nc(-c2cc(C)cc(OC)c2)c2nc[nH]c2c1=O)c1ccc2c(c1)OC(F)(F)O2. The van der Waals surface area contributed by atoms with Crippen LogP contribution in [0.25, 0.3) is 22.3 Å². The number of nitrogens with one attached hydrogen (secondary N) is 1. The molecule has 1 aliphatic rings. The monoisotopic (exact) mass is 497 g/mol. The summed E-state index contributed by atoms with van der Waals surface area (Å²) in [5.74, 6) is -0.194. The number of rotatable bonds is 6. The van der Waals surface area contributed by atoms with Crippen molar-refractivity contribution in [3.8, 4) is 28.5 Å². The van der Waals surface area contributed by atoms with Gasteiger partial charge in [0.15, 0.2) is 11.5 Å². The van der Waals surface area contributed by atoms with Gasteiger partial charge in [0, 0.05) is 23.9 Å². The molecule has 0 bridgehead atoms. The van der Waals surface area contributed by atoms with Gasteiger partial charge >= 0.3 is 6.29 Å². The maximum Gasteiger partial charge on any atom is 0.586 e. The fourth-order valence-corrected chi connectivity index (χ4v) is 4.11. The molecule has 0 aliphatic carbocycles. The highest BCUT2D eigenvalue weighted by Crippen LogP contribution is 2.42. The van der Waals surface area contributed by atoms with E-state index in [1.54, 1.807) is 20.1 Å². The van der Waals surface area contributed by atoms with Gasteiger partial charge in [-0.2, -0.15) is 5.10 Å². The maximum absolute atomic E-state index is 13.4. The number of aromatic nitrogens is 4. The molecule has 12 heteroatoms. The number of hydrogen-bond acceptors (Lipinski definition) is 7. The third-order valence-electron chi connectivity index (χ3n) is 5.69. The number of carbonyl (C=O) groups is 1. The van der Waals surface area contributed by atoms with Crippen molar-refractivity contribution in [3.63, 3.8) is 0 Å². The molecule has 2 aromatic carbocycles. The number of H-pyrrole nitrogens is 1. The summed E-state index contributed by atoms with van der Waals surface area (Å²) >= 11 is 0. The summed E-state index contributed by atoms with van der Waals surface area (Å²) in [4.78, 5) is 34.8. The average Bonchev–Trinajstić information content (AvgIpc) is 3.44. The molecule has 0 saturated heterocycles. The van der Waals surface area contributed by atoms with Crippen LogP contribution in [0, 0.1) is 6.92 Å². The standard InChI is InChI=1S/C24H21F2N5O5/c1-4-30(15-5-6-17-18(10-15)36-24(25,26)35-17)19(32)11-31-23(33)22-21(27-12-28-22)20(29-31)14-7-13(2)8-16(9-14)34-3/h5-10,12H,4,11H2,1-3H3,(H,27,28). The van der Waals surface area contributed by atoms with Crippen LogP contribution in [0.3, 0.4) is 0 Å². The molecule has 1 aliphatic heterocycles. The van der Waals surface area contributed by atoms with Crippen LogP contribution >= 0.6 is 0 Å². The number of aromatic amines is 1. The van der Waals surface area contributed by atoms with E-state index in [-0.39, 0.29) is 23.6 Å². The van der Waals surface area contributed by atoms with E-state index in [1.807, 2.05) is 19.1 Å². The number of likely N-dealkylation sites (N-methyl/N-ethyl adjacent to an activating group) is 1. The third-order valence-corrected chi connectivity index (χ3v) is 5.69. The van der Waals surface area contributed by atoms with Crippen molar-refractivity contribution in [1.82, 2.24) is 19.7 Å². The lowest BCUT2D eigenvalue weighted by molar-refractivity contribution is -0.286. The van der Waals surface area contributed by atoms with Crippen molar-refractivity contribution in [3.05, 3.63) is 58.6 Å². The Balaban J connectivity index is 1.51. The summed E-state index contributed by atoms with van der Waals surface area (Å²) in [6.07, 6.45) is -2.38. The molecule has 0 fully saturated rings. The number of benzene rings is 2. The Labute approximate surface area is 203 Å². The Morgan fingerprint density at radius 2 is 1.97 bits per heavy atom. The number of nitrogens with zero attached hydrogens (tertiary/aromatic N) is 4. The molecule has 5 rings (SSSR count). The van der Waals surface area contributed by atoms with Gasteiger partial charge in [-0.05, 0) is 49.7 Å². The van der Waals surface area contributed by atoms with E-state index < -0.39 is 24.3 Å². The summed E-state index contributed by atoms with van der Waals surface area (Å²) in [5.41, 5.74) is 2.31. The van der Waals surface area contributed by atoms with Crippen molar-refractivity contribution in [2.24, 2.45) is 0 Å². The number of ether oxygens (including phenoxy) is 3. The fourth-order valence-electron chi connectivity index (χ4n) is 4.11. The highest BCUT2D eigenvalue weighted by molar-refractivity contribution is 5.94. The van der Waals surface area contributed by atoms with Gasteiger partial charge in [-0.3, -0.25) is 9.59 Å². The van der Waals surface area contributed by atoms with Crippen LogP contribution in [0.4, 0.5) is 14.5 Å². The maximum atomic E-state index is 13.4. The van der Waals surface area contributed by atoms with E-state index in [0.29, 0.717) is 28.2 Å². The van der Waals surface area contributed by atoms with Gasteiger partial charge in [0.2, 0.25) is 5.91 Å². The molecule has 1 amide bonds. The second-order valence-corrected chi connectivity index (χ2v) is 8.11. The summed E-state index contributed by atoms with van der Waals surface area (Å²) in [7, 11) is 1.55. The smallest absolute Gasteiger partial charge is 0.497 e. The predicted molar refractivity (Wildman–Crippen MR) is 126 cm³/mol. The van der Waals surface area contributed by atoms with Crippen molar-refractivity contribution in [2.45, 2.75) is 26.7 Å². The number of imidazole rings is 1. The molecular formula is C24H21F2N5O5. The minimum absolute atomic E-state index is 0.131.